The van der Waals surface area contributed by atoms with Gasteiger partial charge in [0.25, 0.3) is 5.91 Å². The number of benzene rings is 1. The zero-order chi connectivity index (χ0) is 20.1. The normalized spacial score (nSPS) is 23.1. The molecule has 1 N–H and O–H groups in total. The van der Waals surface area contributed by atoms with Gasteiger partial charge in [-0.25, -0.2) is 0 Å². The number of carbonyl (C=O) groups excluding carboxylic acids is 1. The molecule has 1 fully saturated rings. The lowest BCUT2D eigenvalue weighted by Gasteiger charge is -2.37. The number of nitrogens with zero attached hydrogens (tertiary/aromatic N) is 1. The van der Waals surface area contributed by atoms with Crippen LogP contribution in [-0.4, -0.2) is 35.3 Å². The Morgan fingerprint density at radius 3 is 2.39 bits per heavy atom. The van der Waals surface area contributed by atoms with Crippen LogP contribution in [0.15, 0.2) is 36.1 Å². The van der Waals surface area contributed by atoms with E-state index in [0.29, 0.717) is 12.4 Å². The SMILES string of the molecule is CC(C)(C)[C@@H]1C=C(C(=O)N2CCCCC2)O[C@H](OCc2ccc(CO)cc2)C1. The number of amides is 1. The monoisotopic (exact) mass is 387 g/mol. The van der Waals surface area contributed by atoms with Crippen molar-refractivity contribution in [2.75, 3.05) is 13.1 Å². The third kappa shape index (κ3) is 5.36. The van der Waals surface area contributed by atoms with Crippen molar-refractivity contribution < 1.29 is 19.4 Å². The molecule has 1 saturated heterocycles. The molecule has 154 valence electrons. The lowest BCUT2D eigenvalue weighted by molar-refractivity contribution is -0.162. The highest BCUT2D eigenvalue weighted by Crippen LogP contribution is 2.37. The lowest BCUT2D eigenvalue weighted by Crippen LogP contribution is -2.40. The van der Waals surface area contributed by atoms with Crippen LogP contribution in [0.2, 0.25) is 0 Å². The molecule has 0 spiro atoms. The Morgan fingerprint density at radius 2 is 1.79 bits per heavy atom. The van der Waals surface area contributed by atoms with Crippen LogP contribution >= 0.6 is 0 Å². The van der Waals surface area contributed by atoms with E-state index in [9.17, 15) is 4.79 Å². The molecule has 3 rings (SSSR count). The van der Waals surface area contributed by atoms with Crippen molar-refractivity contribution in [2.24, 2.45) is 11.3 Å². The maximum absolute atomic E-state index is 13.0. The summed E-state index contributed by atoms with van der Waals surface area (Å²) in [6.07, 6.45) is 5.61. The highest BCUT2D eigenvalue weighted by atomic mass is 16.7. The van der Waals surface area contributed by atoms with Crippen LogP contribution < -0.4 is 0 Å². The van der Waals surface area contributed by atoms with Gasteiger partial charge in [-0.1, -0.05) is 45.0 Å². The minimum Gasteiger partial charge on any atom is -0.459 e. The van der Waals surface area contributed by atoms with Gasteiger partial charge in [-0.3, -0.25) is 4.79 Å². The fourth-order valence-corrected chi connectivity index (χ4v) is 3.70. The van der Waals surface area contributed by atoms with E-state index in [-0.39, 0.29) is 23.8 Å². The topological polar surface area (TPSA) is 59.0 Å². The molecule has 0 radical (unpaired) electrons. The molecule has 0 unspecified atom stereocenters. The summed E-state index contributed by atoms with van der Waals surface area (Å²) in [5.41, 5.74) is 1.93. The number of carbonyl (C=O) groups is 1. The molecule has 2 aliphatic rings. The number of hydrogen-bond acceptors (Lipinski definition) is 4. The van der Waals surface area contributed by atoms with Crippen LogP contribution in [-0.2, 0) is 27.5 Å². The number of aliphatic hydroxyl groups is 1. The predicted octanol–water partition coefficient (Wildman–Crippen LogP) is 4.00. The second-order valence-corrected chi connectivity index (χ2v) is 8.93. The molecule has 28 heavy (non-hydrogen) atoms. The Bertz CT molecular complexity index is 684. The third-order valence-corrected chi connectivity index (χ3v) is 5.67. The molecule has 5 nitrogen and oxygen atoms in total. The maximum atomic E-state index is 13.0. The van der Waals surface area contributed by atoms with E-state index in [0.717, 1.165) is 43.5 Å². The molecule has 1 amide bonds. The van der Waals surface area contributed by atoms with E-state index in [1.54, 1.807) is 0 Å². The fourth-order valence-electron chi connectivity index (χ4n) is 3.70. The van der Waals surface area contributed by atoms with Crippen molar-refractivity contribution >= 4 is 5.91 Å². The highest BCUT2D eigenvalue weighted by molar-refractivity contribution is 5.91. The molecule has 1 aromatic rings. The second kappa shape index (κ2) is 9.10. The standard InChI is InChI=1S/C23H33NO4/c1-23(2,3)19-13-20(22(26)24-11-5-4-6-12-24)28-21(14-19)27-16-18-9-7-17(15-25)8-10-18/h7-10,13,19,21,25H,4-6,11-12,14-16H2,1-3H3/t19-,21+/m1/s1. The third-order valence-electron chi connectivity index (χ3n) is 5.67. The Morgan fingerprint density at radius 1 is 1.14 bits per heavy atom. The van der Waals surface area contributed by atoms with E-state index in [1.165, 1.54) is 6.42 Å². The van der Waals surface area contributed by atoms with Gasteiger partial charge in [-0.05, 0) is 47.8 Å². The van der Waals surface area contributed by atoms with Crippen LogP contribution in [0.5, 0.6) is 0 Å². The van der Waals surface area contributed by atoms with Crippen molar-refractivity contribution in [3.8, 4) is 0 Å². The fraction of sp³-hybridized carbons (Fsp3) is 0.609. The van der Waals surface area contributed by atoms with E-state index in [1.807, 2.05) is 35.2 Å². The zero-order valence-corrected chi connectivity index (χ0v) is 17.3. The van der Waals surface area contributed by atoms with Crippen molar-refractivity contribution in [1.29, 1.82) is 0 Å². The Kier molecular flexibility index (Phi) is 6.78. The molecule has 2 aliphatic heterocycles. The number of rotatable bonds is 5. The zero-order valence-electron chi connectivity index (χ0n) is 17.3. The van der Waals surface area contributed by atoms with Gasteiger partial charge in [0.05, 0.1) is 13.2 Å². The second-order valence-electron chi connectivity index (χ2n) is 8.93. The number of aliphatic hydroxyl groups excluding tert-OH is 1. The van der Waals surface area contributed by atoms with Crippen LogP contribution in [0, 0.1) is 11.3 Å². The summed E-state index contributed by atoms with van der Waals surface area (Å²) in [7, 11) is 0. The molecular formula is C23H33NO4. The van der Waals surface area contributed by atoms with Gasteiger partial charge < -0.3 is 19.5 Å². The average molecular weight is 388 g/mol. The van der Waals surface area contributed by atoms with Crippen LogP contribution in [0.25, 0.3) is 0 Å². The first-order valence-electron chi connectivity index (χ1n) is 10.3. The highest BCUT2D eigenvalue weighted by Gasteiger charge is 2.35. The van der Waals surface area contributed by atoms with Crippen molar-refractivity contribution in [2.45, 2.75) is 66.0 Å². The first-order chi connectivity index (χ1) is 13.4. The Labute approximate surface area is 168 Å². The largest absolute Gasteiger partial charge is 0.459 e. The Balaban J connectivity index is 1.68. The van der Waals surface area contributed by atoms with Crippen molar-refractivity contribution in [3.05, 3.63) is 47.2 Å². The van der Waals surface area contributed by atoms with E-state index >= 15 is 0 Å². The lowest BCUT2D eigenvalue weighted by atomic mass is 9.77. The number of likely N-dealkylation sites (tertiary alicyclic amines) is 1. The van der Waals surface area contributed by atoms with Gasteiger partial charge in [-0.2, -0.15) is 0 Å². The summed E-state index contributed by atoms with van der Waals surface area (Å²) in [6, 6.07) is 7.68. The van der Waals surface area contributed by atoms with Crippen molar-refractivity contribution in [3.63, 3.8) is 0 Å². The van der Waals surface area contributed by atoms with Gasteiger partial charge in [0.2, 0.25) is 6.29 Å². The molecule has 2 heterocycles. The number of allylic oxidation sites excluding steroid dienone is 1. The van der Waals surface area contributed by atoms with Crippen molar-refractivity contribution in [1.82, 2.24) is 4.90 Å². The smallest absolute Gasteiger partial charge is 0.288 e. The minimum atomic E-state index is -0.435. The van der Waals surface area contributed by atoms with Gasteiger partial charge in [0.15, 0.2) is 5.76 Å². The number of piperidine rings is 1. The first-order valence-corrected chi connectivity index (χ1v) is 10.3. The minimum absolute atomic E-state index is 0.00505. The molecule has 0 aliphatic carbocycles. The van der Waals surface area contributed by atoms with Gasteiger partial charge in [0, 0.05) is 19.5 Å². The summed E-state index contributed by atoms with van der Waals surface area (Å²) in [5.74, 6) is 0.648. The molecule has 0 bridgehead atoms. The molecular weight excluding hydrogens is 354 g/mol. The average Bonchev–Trinajstić information content (AvgIpc) is 2.72. The molecule has 2 atom stereocenters. The van der Waals surface area contributed by atoms with E-state index in [2.05, 4.69) is 20.8 Å². The molecule has 0 saturated carbocycles. The predicted molar refractivity (Wildman–Crippen MR) is 108 cm³/mol. The van der Waals surface area contributed by atoms with Gasteiger partial charge >= 0.3 is 0 Å². The van der Waals surface area contributed by atoms with E-state index in [4.69, 9.17) is 14.6 Å². The Hall–Kier alpha value is -1.85. The molecule has 1 aromatic carbocycles. The maximum Gasteiger partial charge on any atom is 0.288 e. The van der Waals surface area contributed by atoms with Gasteiger partial charge in [0.1, 0.15) is 0 Å². The quantitative estimate of drug-likeness (QED) is 0.830. The van der Waals surface area contributed by atoms with E-state index < -0.39 is 6.29 Å². The molecule has 0 aromatic heterocycles. The van der Waals surface area contributed by atoms with Crippen LogP contribution in [0.3, 0.4) is 0 Å². The van der Waals surface area contributed by atoms with Gasteiger partial charge in [-0.15, -0.1) is 0 Å². The summed E-state index contributed by atoms with van der Waals surface area (Å²) in [5, 5.41) is 9.16. The summed E-state index contributed by atoms with van der Waals surface area (Å²) in [6.45, 7) is 8.63. The number of ether oxygens (including phenoxy) is 2. The summed E-state index contributed by atoms with van der Waals surface area (Å²) >= 11 is 0. The summed E-state index contributed by atoms with van der Waals surface area (Å²) in [4.78, 5) is 14.9. The molecule has 5 heteroatoms. The first kappa shape index (κ1) is 20.9. The van der Waals surface area contributed by atoms with Crippen LogP contribution in [0.4, 0.5) is 0 Å². The summed E-state index contributed by atoms with van der Waals surface area (Å²) < 4.78 is 12.0. The number of hydrogen-bond donors (Lipinski definition) is 1. The van der Waals surface area contributed by atoms with Crippen LogP contribution in [0.1, 0.15) is 57.6 Å².